The van der Waals surface area contributed by atoms with Crippen LogP contribution in [0.1, 0.15) is 0 Å². The Bertz CT molecular complexity index is 150. The van der Waals surface area contributed by atoms with Gasteiger partial charge in [-0.3, -0.25) is 4.55 Å². The SMILES string of the molecule is O=POS(=O)(=O)O.[AlH3].[KH]. The maximum absolute atomic E-state index is 9.36. The second-order valence-corrected chi connectivity index (χ2v) is 2.18. The normalized spacial score (nSPS) is 9.44. The van der Waals surface area contributed by atoms with Crippen LogP contribution in [0.3, 0.4) is 0 Å². The van der Waals surface area contributed by atoms with Crippen molar-refractivity contribution >= 4 is 87.8 Å². The molecular formula is H5AlKO5PS. The van der Waals surface area contributed by atoms with Crippen LogP contribution in [0.2, 0.25) is 0 Å². The van der Waals surface area contributed by atoms with Crippen LogP contribution in [0, 0.1) is 0 Å². The molecule has 0 radical (unpaired) electrons. The zero-order valence-corrected chi connectivity index (χ0v) is 4.65. The van der Waals surface area contributed by atoms with Crippen LogP contribution in [0.25, 0.3) is 0 Å². The summed E-state index contributed by atoms with van der Waals surface area (Å²) in [6.07, 6.45) is 0. The summed E-state index contributed by atoms with van der Waals surface area (Å²) >= 11 is 0. The van der Waals surface area contributed by atoms with Gasteiger partial charge in [0.25, 0.3) is 0 Å². The van der Waals surface area contributed by atoms with E-state index in [2.05, 4.69) is 3.97 Å². The van der Waals surface area contributed by atoms with Gasteiger partial charge in [0.05, 0.1) is 0 Å². The summed E-state index contributed by atoms with van der Waals surface area (Å²) in [5, 5.41) is 0. The molecule has 0 aliphatic rings. The van der Waals surface area contributed by atoms with E-state index in [1.165, 1.54) is 0 Å². The fraction of sp³-hybridized carbons (Fsp3) is 0. The molecule has 9 heteroatoms. The molecule has 0 saturated carbocycles. The molecule has 0 atom stereocenters. The van der Waals surface area contributed by atoms with Crippen molar-refractivity contribution in [2.75, 3.05) is 0 Å². The Morgan fingerprint density at radius 2 is 1.78 bits per heavy atom. The van der Waals surface area contributed by atoms with Gasteiger partial charge in [0.15, 0.2) is 17.4 Å². The van der Waals surface area contributed by atoms with E-state index in [4.69, 9.17) is 9.12 Å². The average molecular weight is 214 g/mol. The van der Waals surface area contributed by atoms with Gasteiger partial charge in [-0.1, -0.05) is 0 Å². The van der Waals surface area contributed by atoms with Crippen molar-refractivity contribution in [3.05, 3.63) is 0 Å². The first-order valence-corrected chi connectivity index (χ1v) is 3.14. The summed E-state index contributed by atoms with van der Waals surface area (Å²) in [6.45, 7) is 0. The van der Waals surface area contributed by atoms with E-state index in [9.17, 15) is 8.42 Å². The van der Waals surface area contributed by atoms with Crippen molar-refractivity contribution < 1.29 is 21.5 Å². The second-order valence-electron chi connectivity index (χ2n) is 0.577. The molecule has 0 bridgehead atoms. The van der Waals surface area contributed by atoms with Gasteiger partial charge in [-0.05, 0) is 0 Å². The zero-order chi connectivity index (χ0) is 5.91. The Balaban J connectivity index is -0.000000180. The van der Waals surface area contributed by atoms with Crippen LogP contribution in [0.15, 0.2) is 0 Å². The summed E-state index contributed by atoms with van der Waals surface area (Å²) in [4.78, 5) is 0. The maximum atomic E-state index is 9.36. The molecule has 0 unspecified atom stereocenters. The molecule has 9 heavy (non-hydrogen) atoms. The Hall–Kier alpha value is 2.14. The number of hydrogen-bond acceptors (Lipinski definition) is 4. The zero-order valence-electron chi connectivity index (χ0n) is 2.94. The first-order valence-electron chi connectivity index (χ1n) is 1.05. The van der Waals surface area contributed by atoms with Gasteiger partial charge in [-0.25, -0.2) is 4.57 Å². The van der Waals surface area contributed by atoms with Crippen molar-refractivity contribution in [3.63, 3.8) is 0 Å². The van der Waals surface area contributed by atoms with Crippen LogP contribution in [-0.2, 0) is 18.9 Å². The molecule has 0 aromatic rings. The quantitative estimate of drug-likeness (QED) is 0.332. The molecule has 0 fully saturated rings. The van der Waals surface area contributed by atoms with Gasteiger partial charge in [-0.15, -0.1) is 3.97 Å². The molecule has 0 rings (SSSR count). The van der Waals surface area contributed by atoms with Crippen LogP contribution < -0.4 is 0 Å². The predicted octanol–water partition coefficient (Wildman–Crippen LogP) is -1.82. The molecule has 0 saturated heterocycles. The van der Waals surface area contributed by atoms with E-state index in [1.807, 2.05) is 0 Å². The molecular weight excluding hydrogens is 209 g/mol. The van der Waals surface area contributed by atoms with Crippen molar-refractivity contribution in [1.82, 2.24) is 0 Å². The minimum atomic E-state index is -4.50. The molecule has 50 valence electrons. The van der Waals surface area contributed by atoms with Gasteiger partial charge in [0, 0.05) is 0 Å². The molecule has 0 aliphatic carbocycles. The number of rotatable bonds is 2. The van der Waals surface area contributed by atoms with Gasteiger partial charge >= 0.3 is 70.5 Å². The van der Waals surface area contributed by atoms with Gasteiger partial charge in [0.2, 0.25) is 0 Å². The van der Waals surface area contributed by atoms with E-state index >= 15 is 0 Å². The number of hydrogen-bond donors (Lipinski definition) is 1. The van der Waals surface area contributed by atoms with E-state index in [0.717, 1.165) is 0 Å². The molecule has 0 aromatic heterocycles. The van der Waals surface area contributed by atoms with Crippen molar-refractivity contribution in [1.29, 1.82) is 0 Å². The summed E-state index contributed by atoms with van der Waals surface area (Å²) < 4.78 is 38.6. The van der Waals surface area contributed by atoms with Gasteiger partial charge in [0.1, 0.15) is 0 Å². The third-order valence-corrected chi connectivity index (χ3v) is 1.12. The van der Waals surface area contributed by atoms with E-state index in [0.29, 0.717) is 0 Å². The Morgan fingerprint density at radius 3 is 1.78 bits per heavy atom. The Morgan fingerprint density at radius 1 is 1.44 bits per heavy atom. The Kier molecular flexibility index (Phi) is 15.8. The molecule has 0 heterocycles. The van der Waals surface area contributed by atoms with Crippen LogP contribution in [-0.4, -0.2) is 81.7 Å². The van der Waals surface area contributed by atoms with E-state index in [1.54, 1.807) is 0 Å². The molecule has 0 amide bonds. The second kappa shape index (κ2) is 8.24. The summed E-state index contributed by atoms with van der Waals surface area (Å²) in [5.74, 6) is 0. The van der Waals surface area contributed by atoms with E-state index < -0.39 is 19.1 Å². The molecule has 0 aromatic carbocycles. The fourth-order valence-corrected chi connectivity index (χ4v) is 0.346. The third-order valence-electron chi connectivity index (χ3n) is 0.125. The van der Waals surface area contributed by atoms with E-state index in [-0.39, 0.29) is 68.7 Å². The van der Waals surface area contributed by atoms with Crippen LogP contribution in [0.5, 0.6) is 0 Å². The van der Waals surface area contributed by atoms with Crippen molar-refractivity contribution in [2.24, 2.45) is 0 Å². The van der Waals surface area contributed by atoms with Crippen molar-refractivity contribution in [3.8, 4) is 0 Å². The monoisotopic (exact) mass is 214 g/mol. The molecule has 0 aliphatic heterocycles. The van der Waals surface area contributed by atoms with Crippen LogP contribution >= 0.6 is 8.69 Å². The topological polar surface area (TPSA) is 80.7 Å². The third kappa shape index (κ3) is 17.8. The fourth-order valence-electron chi connectivity index (χ4n) is 0.0385. The summed E-state index contributed by atoms with van der Waals surface area (Å²) in [7, 11) is -5.58. The first-order chi connectivity index (χ1) is 3.06. The molecule has 5 nitrogen and oxygen atoms in total. The van der Waals surface area contributed by atoms with Crippen molar-refractivity contribution in [2.45, 2.75) is 0 Å². The first kappa shape index (κ1) is 17.3. The predicted molar refractivity (Wildman–Crippen MR) is 37.3 cm³/mol. The molecule has 1 N–H and O–H groups in total. The standard InChI is InChI=1S/Al.K.HO5PS.4H/c;;1-6-5-7(2,3)4;;;;/h;;(H,2,3,4);;;;. The molecule has 0 spiro atoms. The Labute approximate surface area is 107 Å². The minimum absolute atomic E-state index is 0. The van der Waals surface area contributed by atoms with Crippen LogP contribution in [0.4, 0.5) is 0 Å². The van der Waals surface area contributed by atoms with Gasteiger partial charge in [-0.2, -0.15) is 8.42 Å². The summed E-state index contributed by atoms with van der Waals surface area (Å²) in [5.41, 5.74) is 0. The summed E-state index contributed by atoms with van der Waals surface area (Å²) in [6, 6.07) is 0. The average Bonchev–Trinajstić information content (AvgIpc) is 1.30. The van der Waals surface area contributed by atoms with Gasteiger partial charge < -0.3 is 0 Å².